The van der Waals surface area contributed by atoms with Gasteiger partial charge in [0, 0.05) is 29.9 Å². The van der Waals surface area contributed by atoms with Gasteiger partial charge in [0.15, 0.2) is 11.5 Å². The Morgan fingerprint density at radius 1 is 1.30 bits per heavy atom. The molecule has 0 aliphatic carbocycles. The number of aromatic nitrogens is 2. The van der Waals surface area contributed by atoms with E-state index < -0.39 is 11.5 Å². The molecular weight excluding hydrogens is 390 g/mol. The maximum Gasteiger partial charge on any atom is 0.303 e. The number of benzene rings is 1. The van der Waals surface area contributed by atoms with E-state index in [9.17, 15) is 14.4 Å². The number of amides is 1. The first-order chi connectivity index (χ1) is 14.3. The van der Waals surface area contributed by atoms with E-state index in [0.29, 0.717) is 30.8 Å². The lowest BCUT2D eigenvalue weighted by Gasteiger charge is -2.08. The first-order valence-electron chi connectivity index (χ1n) is 9.04. The number of H-pyrrole nitrogens is 1. The van der Waals surface area contributed by atoms with Crippen molar-refractivity contribution in [3.63, 3.8) is 0 Å². The van der Waals surface area contributed by atoms with E-state index in [1.165, 1.54) is 0 Å². The van der Waals surface area contributed by atoms with Crippen molar-refractivity contribution in [2.45, 2.75) is 19.8 Å². The SMILES string of the molecule is C=Nc1nc(N)[nH]c(=O)c1/N=C(\C)CNc1ccc(C(=O)NCCCC(=O)O)cc1. The van der Waals surface area contributed by atoms with Crippen molar-refractivity contribution in [1.29, 1.82) is 0 Å². The van der Waals surface area contributed by atoms with Crippen molar-refractivity contribution in [2.24, 2.45) is 9.98 Å². The quantitative estimate of drug-likeness (QED) is 0.289. The minimum Gasteiger partial charge on any atom is -0.481 e. The summed E-state index contributed by atoms with van der Waals surface area (Å²) in [4.78, 5) is 48.6. The standard InChI is InChI=1S/C19H23N7O4/c1-11(24-15-16(21-2)25-19(20)26-18(15)30)10-23-13-7-5-12(6-8-13)17(29)22-9-3-4-14(27)28/h5-8,23H,2-4,9-10H2,1H3,(H,22,29)(H,27,28)(H3,20,25,26,30)/b24-11+. The van der Waals surface area contributed by atoms with E-state index in [1.54, 1.807) is 31.2 Å². The summed E-state index contributed by atoms with van der Waals surface area (Å²) < 4.78 is 0. The number of rotatable bonds is 10. The second-order valence-corrected chi connectivity index (χ2v) is 6.31. The van der Waals surface area contributed by atoms with Gasteiger partial charge in [-0.15, -0.1) is 0 Å². The van der Waals surface area contributed by atoms with E-state index in [2.05, 4.69) is 37.3 Å². The molecule has 0 saturated heterocycles. The van der Waals surface area contributed by atoms with Crippen LogP contribution in [-0.2, 0) is 4.79 Å². The number of carboxylic acids is 1. The molecule has 2 rings (SSSR count). The van der Waals surface area contributed by atoms with E-state index >= 15 is 0 Å². The monoisotopic (exact) mass is 413 g/mol. The van der Waals surface area contributed by atoms with Gasteiger partial charge in [-0.1, -0.05) is 0 Å². The molecule has 0 saturated carbocycles. The largest absolute Gasteiger partial charge is 0.481 e. The van der Waals surface area contributed by atoms with E-state index in [0.717, 1.165) is 5.69 Å². The molecule has 158 valence electrons. The molecule has 2 aromatic rings. The molecule has 1 aromatic heterocycles. The smallest absolute Gasteiger partial charge is 0.303 e. The van der Waals surface area contributed by atoms with Crippen LogP contribution in [0.3, 0.4) is 0 Å². The predicted octanol–water partition coefficient (Wildman–Crippen LogP) is 1.48. The highest BCUT2D eigenvalue weighted by molar-refractivity contribution is 5.94. The minimum atomic E-state index is -0.896. The second kappa shape index (κ2) is 10.5. The zero-order valence-corrected chi connectivity index (χ0v) is 16.4. The number of nitrogen functional groups attached to an aromatic ring is 1. The summed E-state index contributed by atoms with van der Waals surface area (Å²) in [7, 11) is 0. The summed E-state index contributed by atoms with van der Waals surface area (Å²) in [6, 6.07) is 6.76. The van der Waals surface area contributed by atoms with Gasteiger partial charge >= 0.3 is 5.97 Å². The highest BCUT2D eigenvalue weighted by Gasteiger charge is 2.09. The fraction of sp³-hybridized carbons (Fsp3) is 0.263. The summed E-state index contributed by atoms with van der Waals surface area (Å²) in [5, 5.41) is 14.4. The Kier molecular flexibility index (Phi) is 7.80. The number of nitrogens with two attached hydrogens (primary N) is 1. The molecule has 11 heteroatoms. The fourth-order valence-corrected chi connectivity index (χ4v) is 2.43. The van der Waals surface area contributed by atoms with Crippen LogP contribution in [0.1, 0.15) is 30.1 Å². The van der Waals surface area contributed by atoms with Crippen LogP contribution in [0.5, 0.6) is 0 Å². The van der Waals surface area contributed by atoms with E-state index in [1.807, 2.05) is 0 Å². The number of hydrogen-bond acceptors (Lipinski definition) is 8. The molecule has 1 heterocycles. The highest BCUT2D eigenvalue weighted by atomic mass is 16.4. The third-order valence-electron chi connectivity index (χ3n) is 3.90. The van der Waals surface area contributed by atoms with Gasteiger partial charge in [0.1, 0.15) is 0 Å². The number of anilines is 2. The number of nitrogens with one attached hydrogen (secondary N) is 3. The number of carbonyl (C=O) groups is 2. The van der Waals surface area contributed by atoms with Crippen molar-refractivity contribution in [3.8, 4) is 0 Å². The highest BCUT2D eigenvalue weighted by Crippen LogP contribution is 2.20. The molecular formula is C19H23N7O4. The number of carbonyl (C=O) groups excluding carboxylic acids is 1. The number of hydrogen-bond donors (Lipinski definition) is 5. The van der Waals surface area contributed by atoms with Gasteiger partial charge in [-0.05, 0) is 44.3 Å². The van der Waals surface area contributed by atoms with Crippen LogP contribution in [0.2, 0.25) is 0 Å². The zero-order chi connectivity index (χ0) is 22.1. The Hall–Kier alpha value is -4.02. The Morgan fingerprint density at radius 3 is 2.63 bits per heavy atom. The Bertz CT molecular complexity index is 1010. The number of nitrogens with zero attached hydrogens (tertiary/aromatic N) is 3. The molecule has 0 radical (unpaired) electrons. The van der Waals surface area contributed by atoms with Gasteiger partial charge in [-0.2, -0.15) is 4.98 Å². The molecule has 0 aliphatic heterocycles. The molecule has 0 unspecified atom stereocenters. The van der Waals surface area contributed by atoms with Crippen LogP contribution in [0.4, 0.5) is 23.1 Å². The molecule has 11 nitrogen and oxygen atoms in total. The van der Waals surface area contributed by atoms with Gasteiger partial charge in [0.25, 0.3) is 11.5 Å². The van der Waals surface area contributed by atoms with Gasteiger partial charge in [-0.3, -0.25) is 19.4 Å². The molecule has 0 bridgehead atoms. The molecule has 0 aliphatic rings. The van der Waals surface area contributed by atoms with Crippen molar-refractivity contribution in [3.05, 3.63) is 40.2 Å². The molecule has 6 N–H and O–H groups in total. The summed E-state index contributed by atoms with van der Waals surface area (Å²) in [5.74, 6) is -1.19. The van der Waals surface area contributed by atoms with Crippen molar-refractivity contribution in [2.75, 3.05) is 24.1 Å². The first kappa shape index (κ1) is 22.3. The predicted molar refractivity (Wildman–Crippen MR) is 115 cm³/mol. The Balaban J connectivity index is 1.94. The zero-order valence-electron chi connectivity index (χ0n) is 16.4. The van der Waals surface area contributed by atoms with Crippen LogP contribution >= 0.6 is 0 Å². The van der Waals surface area contributed by atoms with Gasteiger partial charge in [-0.25, -0.2) is 9.98 Å². The summed E-state index contributed by atoms with van der Waals surface area (Å²) in [6.07, 6.45) is 0.376. The molecule has 0 fully saturated rings. The number of aromatic amines is 1. The van der Waals surface area contributed by atoms with E-state index in [4.69, 9.17) is 10.8 Å². The Labute approximate surface area is 172 Å². The normalized spacial score (nSPS) is 11.0. The lowest BCUT2D eigenvalue weighted by molar-refractivity contribution is -0.137. The molecule has 1 aromatic carbocycles. The Morgan fingerprint density at radius 2 is 2.00 bits per heavy atom. The summed E-state index contributed by atoms with van der Waals surface area (Å²) in [6.45, 7) is 5.72. The average molecular weight is 413 g/mol. The van der Waals surface area contributed by atoms with Crippen LogP contribution < -0.4 is 21.9 Å². The average Bonchev–Trinajstić information content (AvgIpc) is 2.71. The first-order valence-corrected chi connectivity index (χ1v) is 9.04. The second-order valence-electron chi connectivity index (χ2n) is 6.31. The number of carboxylic acid groups (broad SMARTS) is 1. The molecule has 30 heavy (non-hydrogen) atoms. The van der Waals surface area contributed by atoms with Gasteiger partial charge in [0.05, 0.1) is 6.54 Å². The summed E-state index contributed by atoms with van der Waals surface area (Å²) >= 11 is 0. The maximum atomic E-state index is 12.0. The van der Waals surface area contributed by atoms with Crippen LogP contribution in [0, 0.1) is 0 Å². The lowest BCUT2D eigenvalue weighted by Crippen LogP contribution is -2.24. The van der Waals surface area contributed by atoms with Crippen molar-refractivity contribution in [1.82, 2.24) is 15.3 Å². The molecule has 0 atom stereocenters. The lowest BCUT2D eigenvalue weighted by atomic mass is 10.2. The van der Waals surface area contributed by atoms with Crippen LogP contribution in [0.15, 0.2) is 39.0 Å². The van der Waals surface area contributed by atoms with Crippen molar-refractivity contribution >= 4 is 47.4 Å². The summed E-state index contributed by atoms with van der Waals surface area (Å²) in [5.41, 5.74) is 6.80. The third kappa shape index (κ3) is 6.55. The third-order valence-corrected chi connectivity index (χ3v) is 3.90. The minimum absolute atomic E-state index is 0.00664. The van der Waals surface area contributed by atoms with Gasteiger partial charge < -0.3 is 21.5 Å². The maximum absolute atomic E-state index is 12.0. The fourth-order valence-electron chi connectivity index (χ4n) is 2.43. The van der Waals surface area contributed by atoms with E-state index in [-0.39, 0.29) is 29.8 Å². The van der Waals surface area contributed by atoms with Gasteiger partial charge in [0.2, 0.25) is 5.95 Å². The topological polar surface area (TPSA) is 175 Å². The molecule has 0 spiro atoms. The van der Waals surface area contributed by atoms with Crippen LogP contribution in [-0.4, -0.2) is 52.5 Å². The van der Waals surface area contributed by atoms with Crippen LogP contribution in [0.25, 0.3) is 0 Å². The number of aliphatic imine (C=N–C) groups is 2. The van der Waals surface area contributed by atoms with Crippen molar-refractivity contribution < 1.29 is 14.7 Å². The molecule has 1 amide bonds. The number of aliphatic carboxylic acids is 1.